The zero-order valence-corrected chi connectivity index (χ0v) is 18.9. The predicted octanol–water partition coefficient (Wildman–Crippen LogP) is 3.89. The van der Waals surface area contributed by atoms with Gasteiger partial charge in [0.2, 0.25) is 5.91 Å². The fraction of sp³-hybridized carbons (Fsp3) is 0.348. The number of rotatable bonds is 9. The number of nitrogens with zero attached hydrogens (tertiary/aromatic N) is 1. The van der Waals surface area contributed by atoms with Crippen molar-refractivity contribution in [2.75, 3.05) is 27.4 Å². The lowest BCUT2D eigenvalue weighted by atomic mass is 10.0. The summed E-state index contributed by atoms with van der Waals surface area (Å²) in [5.41, 5.74) is 4.03. The van der Waals surface area contributed by atoms with Gasteiger partial charge in [-0.25, -0.2) is 4.98 Å². The van der Waals surface area contributed by atoms with E-state index < -0.39 is 0 Å². The second-order valence-corrected chi connectivity index (χ2v) is 8.35. The maximum Gasteiger partial charge on any atom is 0.226 e. The lowest BCUT2D eigenvalue weighted by Gasteiger charge is -2.14. The van der Waals surface area contributed by atoms with Gasteiger partial charge < -0.3 is 14.8 Å². The molecule has 3 N–H and O–H groups in total. The number of hydrogen-bond donors (Lipinski definition) is 3. The highest BCUT2D eigenvalue weighted by Crippen LogP contribution is 2.34. The van der Waals surface area contributed by atoms with Crippen molar-refractivity contribution in [2.24, 2.45) is 0 Å². The summed E-state index contributed by atoms with van der Waals surface area (Å²) in [5.74, 6) is 0.578. The molecule has 0 atom stereocenters. The lowest BCUT2D eigenvalue weighted by molar-refractivity contribution is -0.119. The summed E-state index contributed by atoms with van der Waals surface area (Å²) in [5, 5.41) is 13.6. The van der Waals surface area contributed by atoms with Crippen LogP contribution in [0.15, 0.2) is 36.4 Å². The number of carbonyl (C=O) groups excluding carboxylic acids is 1. The first-order valence-electron chi connectivity index (χ1n) is 10.2. The quantitative estimate of drug-likeness (QED) is 0.266. The maximum atomic E-state index is 12.0. The highest BCUT2D eigenvalue weighted by Gasteiger charge is 2.12. The van der Waals surface area contributed by atoms with Crippen LogP contribution in [0, 0.1) is 12.3 Å². The monoisotopic (exact) mass is 440 g/mol. The molecule has 0 aliphatic rings. The van der Waals surface area contributed by atoms with Crippen LogP contribution in [-0.4, -0.2) is 44.2 Å². The topological polar surface area (TPSA) is 96.3 Å². The minimum absolute atomic E-state index is 0.00446. The molecule has 1 amide bonds. The molecule has 1 heterocycles. The van der Waals surface area contributed by atoms with Crippen molar-refractivity contribution >= 4 is 33.4 Å². The summed E-state index contributed by atoms with van der Waals surface area (Å²) in [4.78, 5) is 16.6. The molecule has 8 heteroatoms. The van der Waals surface area contributed by atoms with Crippen LogP contribution >= 0.6 is 11.3 Å². The Bertz CT molecular complexity index is 1060. The van der Waals surface area contributed by atoms with Gasteiger partial charge in [0.25, 0.3) is 0 Å². The van der Waals surface area contributed by atoms with Crippen molar-refractivity contribution in [3.8, 4) is 16.9 Å². The van der Waals surface area contributed by atoms with E-state index >= 15 is 0 Å². The van der Waals surface area contributed by atoms with Crippen LogP contribution in [0.2, 0.25) is 0 Å². The van der Waals surface area contributed by atoms with E-state index in [1.165, 1.54) is 4.70 Å². The van der Waals surface area contributed by atoms with Gasteiger partial charge >= 0.3 is 0 Å². The van der Waals surface area contributed by atoms with Crippen LogP contribution in [0.3, 0.4) is 0 Å². The van der Waals surface area contributed by atoms with E-state index in [2.05, 4.69) is 33.8 Å². The Kier molecular flexibility index (Phi) is 7.97. The Balaban J connectivity index is 1.81. The molecule has 0 radical (unpaired) electrons. The van der Waals surface area contributed by atoms with E-state index in [1.54, 1.807) is 25.5 Å². The molecule has 0 aliphatic carbocycles. The summed E-state index contributed by atoms with van der Waals surface area (Å²) >= 11 is 1.68. The number of amides is 1. The summed E-state index contributed by atoms with van der Waals surface area (Å²) in [6, 6.07) is 12.3. The number of benzene rings is 2. The molecular weight excluding hydrogens is 412 g/mol. The number of guanidine groups is 1. The molecule has 31 heavy (non-hydrogen) atoms. The third-order valence-corrected chi connectivity index (χ3v) is 5.71. The van der Waals surface area contributed by atoms with Gasteiger partial charge in [-0.05, 0) is 42.7 Å². The van der Waals surface area contributed by atoms with Crippen LogP contribution in [0.4, 0.5) is 0 Å². The number of carbonyl (C=O) groups is 1. The zero-order chi connectivity index (χ0) is 22.2. The molecule has 0 saturated heterocycles. The number of thiazole rings is 1. The van der Waals surface area contributed by atoms with E-state index in [-0.39, 0.29) is 18.3 Å². The first-order chi connectivity index (χ1) is 15.0. The minimum atomic E-state index is -0.199. The Morgan fingerprint density at radius 1 is 1.19 bits per heavy atom. The van der Waals surface area contributed by atoms with Crippen molar-refractivity contribution in [3.05, 3.63) is 47.0 Å². The number of fused-ring (bicyclic) bond motifs is 1. The second kappa shape index (κ2) is 10.9. The summed E-state index contributed by atoms with van der Waals surface area (Å²) in [6.07, 6.45) is 1.64. The van der Waals surface area contributed by atoms with Crippen molar-refractivity contribution in [1.29, 1.82) is 5.41 Å². The molecule has 0 spiro atoms. The largest absolute Gasteiger partial charge is 0.493 e. The highest BCUT2D eigenvalue weighted by molar-refractivity contribution is 7.18. The molecule has 164 valence electrons. The Labute approximate surface area is 186 Å². The van der Waals surface area contributed by atoms with Crippen LogP contribution in [-0.2, 0) is 16.0 Å². The molecular formula is C23H28N4O3S. The first-order valence-corrected chi connectivity index (χ1v) is 11.0. The number of ether oxygens (including phenoxy) is 2. The van der Waals surface area contributed by atoms with Gasteiger partial charge in [0.1, 0.15) is 5.75 Å². The van der Waals surface area contributed by atoms with E-state index in [4.69, 9.17) is 14.9 Å². The molecule has 0 aliphatic heterocycles. The summed E-state index contributed by atoms with van der Waals surface area (Å²) < 4.78 is 12.4. The van der Waals surface area contributed by atoms with Gasteiger partial charge in [-0.3, -0.25) is 15.5 Å². The van der Waals surface area contributed by atoms with Crippen molar-refractivity contribution < 1.29 is 14.3 Å². The molecule has 2 aromatic carbocycles. The SMILES string of the molecule is CNC(=N)NC(=O)CCc1ccc(-c2ccc3sc(C)nc3c2)c(OCCCOC)c1. The average Bonchev–Trinajstić information content (AvgIpc) is 3.14. The van der Waals surface area contributed by atoms with E-state index in [1.807, 2.05) is 25.1 Å². The fourth-order valence-corrected chi connectivity index (χ4v) is 4.01. The Morgan fingerprint density at radius 2 is 2.03 bits per heavy atom. The molecule has 0 unspecified atom stereocenters. The molecule has 0 bridgehead atoms. The number of nitrogens with one attached hydrogen (secondary N) is 3. The first kappa shape index (κ1) is 22.7. The van der Waals surface area contributed by atoms with Crippen LogP contribution in [0.25, 0.3) is 21.3 Å². The van der Waals surface area contributed by atoms with Gasteiger partial charge in [0.15, 0.2) is 5.96 Å². The third-order valence-electron chi connectivity index (χ3n) is 4.76. The van der Waals surface area contributed by atoms with Crippen LogP contribution in [0.5, 0.6) is 5.75 Å². The van der Waals surface area contributed by atoms with Gasteiger partial charge in [-0.2, -0.15) is 0 Å². The smallest absolute Gasteiger partial charge is 0.226 e. The number of methoxy groups -OCH3 is 1. The number of aromatic nitrogens is 1. The van der Waals surface area contributed by atoms with Gasteiger partial charge in [0.05, 0.1) is 21.8 Å². The maximum absolute atomic E-state index is 12.0. The second-order valence-electron chi connectivity index (χ2n) is 7.11. The van der Waals surface area contributed by atoms with Gasteiger partial charge in [-0.1, -0.05) is 18.2 Å². The van der Waals surface area contributed by atoms with E-state index in [9.17, 15) is 4.79 Å². The molecule has 0 saturated carbocycles. The van der Waals surface area contributed by atoms with Crippen molar-refractivity contribution in [2.45, 2.75) is 26.2 Å². The number of hydrogen-bond acceptors (Lipinski definition) is 6. The summed E-state index contributed by atoms with van der Waals surface area (Å²) in [6.45, 7) is 3.19. The van der Waals surface area contributed by atoms with E-state index in [0.29, 0.717) is 19.6 Å². The van der Waals surface area contributed by atoms with Crippen molar-refractivity contribution in [1.82, 2.24) is 15.6 Å². The zero-order valence-electron chi connectivity index (χ0n) is 18.1. The highest BCUT2D eigenvalue weighted by atomic mass is 32.1. The van der Waals surface area contributed by atoms with Crippen LogP contribution in [0.1, 0.15) is 23.4 Å². The van der Waals surface area contributed by atoms with Gasteiger partial charge in [0, 0.05) is 39.2 Å². The minimum Gasteiger partial charge on any atom is -0.493 e. The third kappa shape index (κ3) is 6.26. The van der Waals surface area contributed by atoms with E-state index in [0.717, 1.165) is 39.4 Å². The molecule has 3 aromatic rings. The number of aryl methyl sites for hydroxylation is 2. The van der Waals surface area contributed by atoms with Crippen molar-refractivity contribution in [3.63, 3.8) is 0 Å². The summed E-state index contributed by atoms with van der Waals surface area (Å²) in [7, 11) is 3.27. The molecule has 0 fully saturated rings. The average molecular weight is 441 g/mol. The molecule has 7 nitrogen and oxygen atoms in total. The Morgan fingerprint density at radius 3 is 2.81 bits per heavy atom. The molecule has 1 aromatic heterocycles. The molecule has 3 rings (SSSR count). The standard InChI is InChI=1S/C23H28N4O3S/c1-15-26-19-14-17(7-9-21(19)31-15)18-8-5-16(6-10-22(28)27-23(24)25-2)13-20(18)30-12-4-11-29-3/h5,7-9,13-14H,4,6,10-12H2,1-3H3,(H3,24,25,27,28). The lowest BCUT2D eigenvalue weighted by Crippen LogP contribution is -2.38. The predicted molar refractivity (Wildman–Crippen MR) is 125 cm³/mol. The fourth-order valence-electron chi connectivity index (χ4n) is 3.20. The van der Waals surface area contributed by atoms with Gasteiger partial charge in [-0.15, -0.1) is 11.3 Å². The normalized spacial score (nSPS) is 10.8. The van der Waals surface area contributed by atoms with Crippen LogP contribution < -0.4 is 15.4 Å². The Hall–Kier alpha value is -2.97.